The van der Waals surface area contributed by atoms with E-state index in [9.17, 15) is 22.0 Å². The molecule has 128 valence electrons. The molecular weight excluding hydrogens is 358 g/mol. The van der Waals surface area contributed by atoms with Gasteiger partial charge in [-0.25, -0.2) is 8.42 Å². The summed E-state index contributed by atoms with van der Waals surface area (Å²) in [6.07, 6.45) is 1.01. The lowest BCUT2D eigenvalue weighted by molar-refractivity contribution is 0.102. The molecule has 0 aliphatic carbocycles. The second kappa shape index (κ2) is 7.63. The van der Waals surface area contributed by atoms with Crippen molar-refractivity contribution in [1.82, 2.24) is 0 Å². The number of carbonyl (C=O) groups is 1. The van der Waals surface area contributed by atoms with Crippen molar-refractivity contribution in [3.05, 3.63) is 54.1 Å². The van der Waals surface area contributed by atoms with Crippen LogP contribution in [0.25, 0.3) is 0 Å². The van der Waals surface area contributed by atoms with Crippen molar-refractivity contribution < 1.29 is 22.0 Å². The second-order valence-electron chi connectivity index (χ2n) is 4.81. The normalized spacial score (nSPS) is 11.3. The Morgan fingerprint density at radius 3 is 2.33 bits per heavy atom. The third-order valence-electron chi connectivity index (χ3n) is 2.77. The minimum Gasteiger partial charge on any atom is -0.322 e. The molecule has 2 aromatic rings. The minimum absolute atomic E-state index is 0.259. The van der Waals surface area contributed by atoms with Gasteiger partial charge in [-0.15, -0.1) is 0 Å². The molecule has 0 atom stereocenters. The summed E-state index contributed by atoms with van der Waals surface area (Å²) in [7, 11) is -3.44. The fourth-order valence-corrected chi connectivity index (χ4v) is 2.92. The van der Waals surface area contributed by atoms with Crippen molar-refractivity contribution in [1.29, 1.82) is 0 Å². The Hall–Kier alpha value is -2.13. The highest BCUT2D eigenvalue weighted by Gasteiger charge is 2.10. The van der Waals surface area contributed by atoms with Gasteiger partial charge in [-0.05, 0) is 42.5 Å². The molecule has 0 spiro atoms. The SMILES string of the molecule is CS(=O)(=O)Nc1cccc(C(=O)Nc2ccc(SC(F)F)cc2)c1. The maximum absolute atomic E-state index is 12.3. The third kappa shape index (κ3) is 5.82. The van der Waals surface area contributed by atoms with Gasteiger partial charge in [-0.1, -0.05) is 17.8 Å². The first-order valence-electron chi connectivity index (χ1n) is 6.67. The van der Waals surface area contributed by atoms with Crippen LogP contribution in [0, 0.1) is 0 Å². The Kier molecular flexibility index (Phi) is 5.79. The molecule has 0 radical (unpaired) electrons. The molecule has 0 heterocycles. The van der Waals surface area contributed by atoms with E-state index in [0.29, 0.717) is 22.3 Å². The van der Waals surface area contributed by atoms with Crippen LogP contribution < -0.4 is 10.0 Å². The van der Waals surface area contributed by atoms with Crippen LogP contribution >= 0.6 is 11.8 Å². The summed E-state index contributed by atoms with van der Waals surface area (Å²) >= 11 is 0.418. The molecule has 0 aromatic heterocycles. The molecule has 24 heavy (non-hydrogen) atoms. The lowest BCUT2D eigenvalue weighted by Crippen LogP contribution is -2.13. The van der Waals surface area contributed by atoms with Crippen molar-refractivity contribution in [3.8, 4) is 0 Å². The Morgan fingerprint density at radius 2 is 1.75 bits per heavy atom. The minimum atomic E-state index is -3.44. The van der Waals surface area contributed by atoms with Crippen molar-refractivity contribution in [2.45, 2.75) is 10.7 Å². The number of thioether (sulfide) groups is 1. The Labute approximate surface area is 142 Å². The predicted octanol–water partition coefficient (Wildman–Crippen LogP) is 3.63. The average Bonchev–Trinajstić information content (AvgIpc) is 2.47. The highest BCUT2D eigenvalue weighted by molar-refractivity contribution is 7.99. The van der Waals surface area contributed by atoms with Crippen LogP contribution in [0.1, 0.15) is 10.4 Å². The van der Waals surface area contributed by atoms with Crippen LogP contribution in [0.3, 0.4) is 0 Å². The zero-order valence-electron chi connectivity index (χ0n) is 12.5. The number of anilines is 2. The highest BCUT2D eigenvalue weighted by Crippen LogP contribution is 2.26. The highest BCUT2D eigenvalue weighted by atomic mass is 32.2. The van der Waals surface area contributed by atoms with Gasteiger partial charge in [0.05, 0.1) is 6.26 Å². The molecule has 0 fully saturated rings. The maximum Gasteiger partial charge on any atom is 0.288 e. The fraction of sp³-hybridized carbons (Fsp3) is 0.133. The van der Waals surface area contributed by atoms with Crippen LogP contribution in [-0.4, -0.2) is 26.3 Å². The Balaban J connectivity index is 2.08. The van der Waals surface area contributed by atoms with Gasteiger partial charge in [-0.2, -0.15) is 8.78 Å². The largest absolute Gasteiger partial charge is 0.322 e. The van der Waals surface area contributed by atoms with Gasteiger partial charge in [0, 0.05) is 21.8 Å². The summed E-state index contributed by atoms with van der Waals surface area (Å²) < 4.78 is 49.2. The van der Waals surface area contributed by atoms with E-state index in [2.05, 4.69) is 10.0 Å². The lowest BCUT2D eigenvalue weighted by Gasteiger charge is -2.08. The maximum atomic E-state index is 12.3. The van der Waals surface area contributed by atoms with Crippen LogP contribution in [0.15, 0.2) is 53.4 Å². The van der Waals surface area contributed by atoms with Gasteiger partial charge in [0.2, 0.25) is 10.0 Å². The molecule has 0 unspecified atom stereocenters. The number of amides is 1. The number of nitrogens with one attached hydrogen (secondary N) is 2. The molecule has 0 bridgehead atoms. The van der Waals surface area contributed by atoms with E-state index in [4.69, 9.17) is 0 Å². The Bertz CT molecular complexity index is 825. The van der Waals surface area contributed by atoms with Gasteiger partial charge in [0.25, 0.3) is 11.7 Å². The fourth-order valence-electron chi connectivity index (χ4n) is 1.86. The summed E-state index contributed by atoms with van der Waals surface area (Å²) in [5.41, 5.74) is 0.976. The van der Waals surface area contributed by atoms with Crippen molar-refractivity contribution in [3.63, 3.8) is 0 Å². The summed E-state index contributed by atoms with van der Waals surface area (Å²) in [6, 6.07) is 12.0. The van der Waals surface area contributed by atoms with Crippen LogP contribution in [0.4, 0.5) is 20.2 Å². The van der Waals surface area contributed by atoms with Crippen molar-refractivity contribution in [2.24, 2.45) is 0 Å². The molecule has 0 aliphatic rings. The van der Waals surface area contributed by atoms with E-state index in [1.807, 2.05) is 0 Å². The standard InChI is InChI=1S/C15H14F2N2O3S2/c1-24(21,22)19-12-4-2-3-10(9-12)14(20)18-11-5-7-13(8-6-11)23-15(16)17/h2-9,15,19H,1H3,(H,18,20). The zero-order valence-corrected chi connectivity index (χ0v) is 14.1. The number of alkyl halides is 2. The van der Waals surface area contributed by atoms with Crippen LogP contribution in [-0.2, 0) is 10.0 Å². The number of hydrogen-bond acceptors (Lipinski definition) is 4. The Morgan fingerprint density at radius 1 is 1.08 bits per heavy atom. The third-order valence-corrected chi connectivity index (χ3v) is 4.09. The van der Waals surface area contributed by atoms with Crippen molar-refractivity contribution in [2.75, 3.05) is 16.3 Å². The molecule has 9 heteroatoms. The predicted molar refractivity (Wildman–Crippen MR) is 91.2 cm³/mol. The van der Waals surface area contributed by atoms with Gasteiger partial charge >= 0.3 is 0 Å². The summed E-state index contributed by atoms with van der Waals surface area (Å²) in [5.74, 6) is -2.95. The van der Waals surface area contributed by atoms with Gasteiger partial charge in [0.15, 0.2) is 0 Å². The van der Waals surface area contributed by atoms with Gasteiger partial charge < -0.3 is 5.32 Å². The van der Waals surface area contributed by atoms with E-state index >= 15 is 0 Å². The molecule has 2 aromatic carbocycles. The molecule has 5 nitrogen and oxygen atoms in total. The monoisotopic (exact) mass is 372 g/mol. The quantitative estimate of drug-likeness (QED) is 0.760. The first kappa shape index (κ1) is 18.2. The molecule has 1 amide bonds. The molecule has 2 N–H and O–H groups in total. The summed E-state index contributed by atoms with van der Waals surface area (Å²) in [4.78, 5) is 12.6. The topological polar surface area (TPSA) is 75.3 Å². The first-order valence-corrected chi connectivity index (χ1v) is 9.44. The average molecular weight is 372 g/mol. The second-order valence-corrected chi connectivity index (χ2v) is 7.62. The number of carbonyl (C=O) groups excluding carboxylic acids is 1. The van der Waals surface area contributed by atoms with E-state index in [0.717, 1.165) is 6.26 Å². The van der Waals surface area contributed by atoms with Crippen LogP contribution in [0.2, 0.25) is 0 Å². The van der Waals surface area contributed by atoms with E-state index in [1.54, 1.807) is 6.07 Å². The smallest absolute Gasteiger partial charge is 0.288 e. The van der Waals surface area contributed by atoms with Crippen LogP contribution in [0.5, 0.6) is 0 Å². The number of rotatable bonds is 6. The first-order chi connectivity index (χ1) is 11.2. The zero-order chi connectivity index (χ0) is 17.7. The summed E-state index contributed by atoms with van der Waals surface area (Å²) in [6.45, 7) is 0. The molecule has 2 rings (SSSR count). The van der Waals surface area contributed by atoms with Gasteiger partial charge in [-0.3, -0.25) is 9.52 Å². The molecule has 0 aliphatic heterocycles. The summed E-state index contributed by atoms with van der Waals surface area (Å²) in [5, 5.41) is 2.62. The number of hydrogen-bond donors (Lipinski definition) is 2. The molecule has 0 saturated carbocycles. The van der Waals surface area contributed by atoms with E-state index in [-0.39, 0.29) is 11.3 Å². The molecular formula is C15H14F2N2O3S2. The molecule has 0 saturated heterocycles. The number of benzene rings is 2. The van der Waals surface area contributed by atoms with E-state index < -0.39 is 21.7 Å². The number of halogens is 2. The van der Waals surface area contributed by atoms with Crippen molar-refractivity contribution >= 4 is 39.1 Å². The number of sulfonamides is 1. The van der Waals surface area contributed by atoms with Gasteiger partial charge in [0.1, 0.15) is 0 Å². The van der Waals surface area contributed by atoms with E-state index in [1.165, 1.54) is 42.5 Å². The lowest BCUT2D eigenvalue weighted by atomic mass is 10.2.